The molecule has 0 aliphatic rings. The molecule has 3 aromatic rings. The highest BCUT2D eigenvalue weighted by Crippen LogP contribution is 2.27. The standard InChI is InChI=1S/C19H18Cl2N4OS/c1-2-25-17(11-18(26)22-14-6-4-3-5-7-14)23-24-19(25)27-12-13-8-9-15(20)16(21)10-13/h3-10H,2,11-12H2,1H3,(H,22,26). The first-order valence-electron chi connectivity index (χ1n) is 8.40. The van der Waals surface area contributed by atoms with E-state index >= 15 is 0 Å². The van der Waals surface area contributed by atoms with Gasteiger partial charge in [0.2, 0.25) is 5.91 Å². The van der Waals surface area contributed by atoms with Crippen LogP contribution in [0.25, 0.3) is 0 Å². The number of benzene rings is 2. The van der Waals surface area contributed by atoms with E-state index in [4.69, 9.17) is 23.2 Å². The topological polar surface area (TPSA) is 59.8 Å². The van der Waals surface area contributed by atoms with Gasteiger partial charge in [-0.3, -0.25) is 4.79 Å². The lowest BCUT2D eigenvalue weighted by Gasteiger charge is -2.08. The molecular formula is C19H18Cl2N4OS. The van der Waals surface area contributed by atoms with Crippen LogP contribution in [0.15, 0.2) is 53.7 Å². The van der Waals surface area contributed by atoms with Crippen molar-refractivity contribution < 1.29 is 4.79 Å². The van der Waals surface area contributed by atoms with E-state index in [-0.39, 0.29) is 12.3 Å². The van der Waals surface area contributed by atoms with Crippen LogP contribution in [0.1, 0.15) is 18.3 Å². The van der Waals surface area contributed by atoms with Gasteiger partial charge in [-0.15, -0.1) is 10.2 Å². The molecule has 2 aromatic carbocycles. The first kappa shape index (κ1) is 19.7. The average molecular weight is 421 g/mol. The predicted molar refractivity (Wildman–Crippen MR) is 110 cm³/mol. The highest BCUT2D eigenvalue weighted by atomic mass is 35.5. The molecule has 1 N–H and O–H groups in total. The Hall–Kier alpha value is -2.02. The lowest BCUT2D eigenvalue weighted by molar-refractivity contribution is -0.115. The van der Waals surface area contributed by atoms with Crippen LogP contribution in [0.5, 0.6) is 0 Å². The van der Waals surface area contributed by atoms with Gasteiger partial charge >= 0.3 is 0 Å². The molecule has 0 saturated heterocycles. The van der Waals surface area contributed by atoms with Gasteiger partial charge in [-0.2, -0.15) is 0 Å². The molecule has 0 aliphatic carbocycles. The molecule has 27 heavy (non-hydrogen) atoms. The lowest BCUT2D eigenvalue weighted by atomic mass is 10.2. The number of para-hydroxylation sites is 1. The molecule has 1 aromatic heterocycles. The maximum atomic E-state index is 12.3. The second kappa shape index (κ2) is 9.26. The number of nitrogens with zero attached hydrogens (tertiary/aromatic N) is 3. The summed E-state index contributed by atoms with van der Waals surface area (Å²) in [5.74, 6) is 1.21. The van der Waals surface area contributed by atoms with Crippen LogP contribution in [0.3, 0.4) is 0 Å². The molecule has 5 nitrogen and oxygen atoms in total. The van der Waals surface area contributed by atoms with Crippen LogP contribution in [0, 0.1) is 0 Å². The van der Waals surface area contributed by atoms with Crippen molar-refractivity contribution in [2.24, 2.45) is 0 Å². The van der Waals surface area contributed by atoms with E-state index in [1.807, 2.05) is 54.0 Å². The zero-order valence-corrected chi connectivity index (χ0v) is 17.0. The summed E-state index contributed by atoms with van der Waals surface area (Å²) in [6, 6.07) is 14.9. The quantitative estimate of drug-likeness (QED) is 0.541. The summed E-state index contributed by atoms with van der Waals surface area (Å²) >= 11 is 13.6. The van der Waals surface area contributed by atoms with E-state index < -0.39 is 0 Å². The molecule has 0 aliphatic heterocycles. The second-order valence-corrected chi connectivity index (χ2v) is 7.53. The van der Waals surface area contributed by atoms with Crippen molar-refractivity contribution in [2.75, 3.05) is 5.32 Å². The van der Waals surface area contributed by atoms with Gasteiger partial charge in [0.15, 0.2) is 5.16 Å². The molecule has 0 bridgehead atoms. The third kappa shape index (κ3) is 5.25. The van der Waals surface area contributed by atoms with Crippen LogP contribution in [0.4, 0.5) is 5.69 Å². The van der Waals surface area contributed by atoms with Crippen molar-refractivity contribution in [3.05, 3.63) is 70.0 Å². The summed E-state index contributed by atoms with van der Waals surface area (Å²) in [7, 11) is 0. The van der Waals surface area contributed by atoms with Gasteiger partial charge < -0.3 is 9.88 Å². The number of carbonyl (C=O) groups is 1. The van der Waals surface area contributed by atoms with Gasteiger partial charge in [0, 0.05) is 18.0 Å². The first-order chi connectivity index (χ1) is 13.1. The summed E-state index contributed by atoms with van der Waals surface area (Å²) in [4.78, 5) is 12.3. The van der Waals surface area contributed by atoms with Gasteiger partial charge in [0.05, 0.1) is 16.5 Å². The Morgan fingerprint density at radius 3 is 2.59 bits per heavy atom. The van der Waals surface area contributed by atoms with E-state index in [0.717, 1.165) is 16.4 Å². The summed E-state index contributed by atoms with van der Waals surface area (Å²) < 4.78 is 1.95. The molecule has 0 unspecified atom stereocenters. The van der Waals surface area contributed by atoms with Crippen LogP contribution >= 0.6 is 35.0 Å². The number of hydrogen-bond acceptors (Lipinski definition) is 4. The Labute approximate surface area is 172 Å². The van der Waals surface area contributed by atoms with Crippen LogP contribution < -0.4 is 5.32 Å². The summed E-state index contributed by atoms with van der Waals surface area (Å²) in [6.45, 7) is 2.69. The lowest BCUT2D eigenvalue weighted by Crippen LogP contribution is -2.17. The molecule has 0 spiro atoms. The Bertz CT molecular complexity index is 931. The second-order valence-electron chi connectivity index (χ2n) is 5.77. The molecule has 0 atom stereocenters. The van der Waals surface area contributed by atoms with Crippen LogP contribution in [0.2, 0.25) is 10.0 Å². The zero-order valence-electron chi connectivity index (χ0n) is 14.7. The van der Waals surface area contributed by atoms with Crippen molar-refractivity contribution in [1.29, 1.82) is 0 Å². The Morgan fingerprint density at radius 1 is 1.11 bits per heavy atom. The van der Waals surface area contributed by atoms with Crippen LogP contribution in [-0.2, 0) is 23.5 Å². The first-order valence-corrected chi connectivity index (χ1v) is 10.1. The number of carbonyl (C=O) groups excluding carboxylic acids is 1. The normalized spacial score (nSPS) is 10.8. The predicted octanol–water partition coefficient (Wildman–Crippen LogP) is 5.08. The molecule has 1 amide bonds. The van der Waals surface area contributed by atoms with Crippen molar-refractivity contribution in [1.82, 2.24) is 14.8 Å². The van der Waals surface area contributed by atoms with Gasteiger partial charge in [-0.1, -0.05) is 59.2 Å². The van der Waals surface area contributed by atoms with Gasteiger partial charge in [-0.05, 0) is 36.8 Å². The van der Waals surface area contributed by atoms with Crippen molar-refractivity contribution in [2.45, 2.75) is 30.8 Å². The molecule has 0 saturated carbocycles. The van der Waals surface area contributed by atoms with E-state index in [2.05, 4.69) is 15.5 Å². The minimum absolute atomic E-state index is 0.121. The fraction of sp³-hybridized carbons (Fsp3) is 0.211. The molecule has 140 valence electrons. The third-order valence-electron chi connectivity index (χ3n) is 3.84. The van der Waals surface area contributed by atoms with E-state index in [1.165, 1.54) is 0 Å². The molecule has 3 rings (SSSR count). The molecule has 1 heterocycles. The molecule has 0 fully saturated rings. The van der Waals surface area contributed by atoms with Gasteiger partial charge in [0.25, 0.3) is 0 Å². The number of thioether (sulfide) groups is 1. The number of nitrogens with one attached hydrogen (secondary N) is 1. The number of hydrogen-bond donors (Lipinski definition) is 1. The summed E-state index contributed by atoms with van der Waals surface area (Å²) in [5.41, 5.74) is 1.81. The Morgan fingerprint density at radius 2 is 1.89 bits per heavy atom. The fourth-order valence-corrected chi connectivity index (χ4v) is 3.81. The number of aromatic nitrogens is 3. The van der Waals surface area contributed by atoms with Gasteiger partial charge in [-0.25, -0.2) is 0 Å². The third-order valence-corrected chi connectivity index (χ3v) is 5.61. The highest BCUT2D eigenvalue weighted by Gasteiger charge is 2.15. The highest BCUT2D eigenvalue weighted by molar-refractivity contribution is 7.98. The number of amides is 1. The number of halogens is 2. The summed E-state index contributed by atoms with van der Waals surface area (Å²) in [6.07, 6.45) is 0.170. The zero-order chi connectivity index (χ0) is 19.2. The summed E-state index contributed by atoms with van der Waals surface area (Å²) in [5, 5.41) is 13.1. The van der Waals surface area contributed by atoms with E-state index in [0.29, 0.717) is 28.2 Å². The van der Waals surface area contributed by atoms with Gasteiger partial charge in [0.1, 0.15) is 5.82 Å². The minimum atomic E-state index is -0.121. The molecule has 0 radical (unpaired) electrons. The minimum Gasteiger partial charge on any atom is -0.326 e. The maximum Gasteiger partial charge on any atom is 0.232 e. The average Bonchev–Trinajstić information content (AvgIpc) is 3.04. The SMILES string of the molecule is CCn1c(CC(=O)Nc2ccccc2)nnc1SCc1ccc(Cl)c(Cl)c1. The van der Waals surface area contributed by atoms with Crippen molar-refractivity contribution >= 4 is 46.6 Å². The number of anilines is 1. The molecule has 8 heteroatoms. The fourth-order valence-electron chi connectivity index (χ4n) is 2.52. The maximum absolute atomic E-state index is 12.3. The Balaban J connectivity index is 1.65. The Kier molecular flexibility index (Phi) is 6.77. The smallest absolute Gasteiger partial charge is 0.232 e. The van der Waals surface area contributed by atoms with Crippen LogP contribution in [-0.4, -0.2) is 20.7 Å². The monoisotopic (exact) mass is 420 g/mol. The van der Waals surface area contributed by atoms with E-state index in [9.17, 15) is 4.79 Å². The van der Waals surface area contributed by atoms with Crippen molar-refractivity contribution in [3.63, 3.8) is 0 Å². The molecular weight excluding hydrogens is 403 g/mol. The largest absolute Gasteiger partial charge is 0.326 e. The van der Waals surface area contributed by atoms with Crippen molar-refractivity contribution in [3.8, 4) is 0 Å². The number of rotatable bonds is 7. The van der Waals surface area contributed by atoms with E-state index in [1.54, 1.807) is 17.8 Å².